The molecular weight excluding hydrogens is 226 g/mol. The summed E-state index contributed by atoms with van der Waals surface area (Å²) in [6, 6.07) is 0. The normalized spacial score (nSPS) is 22.6. The largest absolute Gasteiger partial charge is 0.465 e. The highest BCUT2D eigenvalue weighted by molar-refractivity contribution is 5.76. The molecule has 1 N–H and O–H groups in total. The van der Waals surface area contributed by atoms with Crippen molar-refractivity contribution in [3.63, 3.8) is 0 Å². The molecule has 1 aliphatic heterocycles. The summed E-state index contributed by atoms with van der Waals surface area (Å²) in [6.45, 7) is 10.9. The lowest BCUT2D eigenvalue weighted by Gasteiger charge is -2.35. The number of carbonyl (C=O) groups excluding carboxylic acids is 1. The second-order valence-electron chi connectivity index (χ2n) is 6.26. The van der Waals surface area contributed by atoms with Gasteiger partial charge in [0.05, 0.1) is 12.0 Å². The lowest BCUT2D eigenvalue weighted by Crippen LogP contribution is -2.43. The van der Waals surface area contributed by atoms with Crippen LogP contribution in [0.25, 0.3) is 0 Å². The first-order valence-corrected chi connectivity index (χ1v) is 7.36. The van der Waals surface area contributed by atoms with Gasteiger partial charge in [0.2, 0.25) is 0 Å². The fraction of sp³-hybridized carbons (Fsp3) is 0.933. The zero-order valence-corrected chi connectivity index (χ0v) is 12.4. The van der Waals surface area contributed by atoms with E-state index < -0.39 is 0 Å². The van der Waals surface area contributed by atoms with Crippen LogP contribution in [0.4, 0.5) is 0 Å². The topological polar surface area (TPSA) is 38.3 Å². The number of hydrogen-bond donors (Lipinski definition) is 1. The first kappa shape index (κ1) is 15.5. The van der Waals surface area contributed by atoms with Crippen molar-refractivity contribution >= 4 is 5.97 Å². The van der Waals surface area contributed by atoms with E-state index in [-0.39, 0.29) is 11.4 Å². The Morgan fingerprint density at radius 2 is 2.22 bits per heavy atom. The van der Waals surface area contributed by atoms with Gasteiger partial charge in [0.25, 0.3) is 0 Å². The minimum Gasteiger partial charge on any atom is -0.465 e. The van der Waals surface area contributed by atoms with Crippen molar-refractivity contribution in [2.75, 3.05) is 19.7 Å². The van der Waals surface area contributed by atoms with Gasteiger partial charge in [-0.15, -0.1) is 0 Å². The first-order chi connectivity index (χ1) is 8.48. The summed E-state index contributed by atoms with van der Waals surface area (Å²) in [7, 11) is 0. The summed E-state index contributed by atoms with van der Waals surface area (Å²) in [4.78, 5) is 12.2. The highest BCUT2D eigenvalue weighted by Crippen LogP contribution is 2.33. The zero-order chi connectivity index (χ0) is 13.6. The molecule has 0 aromatic rings. The third-order valence-corrected chi connectivity index (χ3v) is 4.12. The molecule has 0 aromatic heterocycles. The van der Waals surface area contributed by atoms with Gasteiger partial charge in [-0.1, -0.05) is 20.3 Å². The van der Waals surface area contributed by atoms with Crippen LogP contribution in [0.1, 0.15) is 53.4 Å². The van der Waals surface area contributed by atoms with E-state index in [1.165, 1.54) is 0 Å². The second kappa shape index (κ2) is 7.13. The number of hydrogen-bond acceptors (Lipinski definition) is 3. The lowest BCUT2D eigenvalue weighted by atomic mass is 9.75. The Kier molecular flexibility index (Phi) is 6.13. The lowest BCUT2D eigenvalue weighted by molar-refractivity contribution is -0.159. The summed E-state index contributed by atoms with van der Waals surface area (Å²) < 4.78 is 5.51. The van der Waals surface area contributed by atoms with Crippen molar-refractivity contribution < 1.29 is 9.53 Å². The van der Waals surface area contributed by atoms with Crippen LogP contribution in [0, 0.1) is 17.3 Å². The smallest absolute Gasteiger partial charge is 0.311 e. The number of nitrogens with one attached hydrogen (secondary N) is 1. The average Bonchev–Trinajstić information content (AvgIpc) is 2.37. The molecule has 2 atom stereocenters. The Morgan fingerprint density at radius 3 is 2.78 bits per heavy atom. The van der Waals surface area contributed by atoms with E-state index in [9.17, 15) is 4.79 Å². The molecule has 2 unspecified atom stereocenters. The zero-order valence-electron chi connectivity index (χ0n) is 12.4. The molecule has 0 bridgehead atoms. The molecule has 3 nitrogen and oxygen atoms in total. The number of piperidine rings is 1. The van der Waals surface area contributed by atoms with Crippen molar-refractivity contribution in [3.8, 4) is 0 Å². The van der Waals surface area contributed by atoms with E-state index in [1.807, 2.05) is 13.8 Å². The third kappa shape index (κ3) is 4.27. The van der Waals surface area contributed by atoms with E-state index in [1.54, 1.807) is 0 Å². The van der Waals surface area contributed by atoms with E-state index in [0.29, 0.717) is 18.4 Å². The fourth-order valence-electron chi connectivity index (χ4n) is 2.61. The monoisotopic (exact) mass is 255 g/mol. The van der Waals surface area contributed by atoms with Crippen molar-refractivity contribution in [1.82, 2.24) is 5.32 Å². The molecule has 0 saturated carbocycles. The molecule has 0 radical (unpaired) electrons. The Morgan fingerprint density at radius 1 is 1.50 bits per heavy atom. The van der Waals surface area contributed by atoms with E-state index in [4.69, 9.17) is 4.74 Å². The Labute approximate surface area is 112 Å². The molecule has 0 amide bonds. The van der Waals surface area contributed by atoms with Gasteiger partial charge in [-0.25, -0.2) is 0 Å². The number of carbonyl (C=O) groups is 1. The predicted molar refractivity (Wildman–Crippen MR) is 74.4 cm³/mol. The van der Waals surface area contributed by atoms with E-state index in [0.717, 1.165) is 38.8 Å². The van der Waals surface area contributed by atoms with Crippen molar-refractivity contribution in [2.45, 2.75) is 53.4 Å². The highest BCUT2D eigenvalue weighted by atomic mass is 16.5. The molecule has 0 aliphatic carbocycles. The molecule has 18 heavy (non-hydrogen) atoms. The van der Waals surface area contributed by atoms with Gasteiger partial charge in [0.1, 0.15) is 0 Å². The van der Waals surface area contributed by atoms with Crippen LogP contribution >= 0.6 is 0 Å². The highest BCUT2D eigenvalue weighted by Gasteiger charge is 2.38. The van der Waals surface area contributed by atoms with Gasteiger partial charge in [0, 0.05) is 0 Å². The summed E-state index contributed by atoms with van der Waals surface area (Å²) in [5, 5.41) is 3.37. The van der Waals surface area contributed by atoms with Crippen LogP contribution in [0.3, 0.4) is 0 Å². The third-order valence-electron chi connectivity index (χ3n) is 4.12. The number of esters is 1. The molecule has 1 aliphatic rings. The van der Waals surface area contributed by atoms with Crippen LogP contribution < -0.4 is 5.32 Å². The van der Waals surface area contributed by atoms with E-state index in [2.05, 4.69) is 19.2 Å². The van der Waals surface area contributed by atoms with Gasteiger partial charge in [-0.3, -0.25) is 4.79 Å². The van der Waals surface area contributed by atoms with Gasteiger partial charge < -0.3 is 10.1 Å². The van der Waals surface area contributed by atoms with Gasteiger partial charge in [-0.2, -0.15) is 0 Å². The Bertz CT molecular complexity index is 257. The molecule has 1 saturated heterocycles. The maximum absolute atomic E-state index is 12.2. The van der Waals surface area contributed by atoms with Crippen LogP contribution in [-0.2, 0) is 9.53 Å². The van der Waals surface area contributed by atoms with Crippen molar-refractivity contribution in [1.29, 1.82) is 0 Å². The SMILES string of the molecule is CCCC(C)COC(=O)C(C)(C)C1CCCNC1. The van der Waals surface area contributed by atoms with Crippen LogP contribution in [0.15, 0.2) is 0 Å². The summed E-state index contributed by atoms with van der Waals surface area (Å²) in [5.74, 6) is 0.846. The number of ether oxygens (including phenoxy) is 1. The minimum atomic E-state index is -0.362. The Balaban J connectivity index is 2.42. The fourth-order valence-corrected chi connectivity index (χ4v) is 2.61. The van der Waals surface area contributed by atoms with Crippen LogP contribution in [0.2, 0.25) is 0 Å². The predicted octanol–water partition coefficient (Wildman–Crippen LogP) is 2.99. The maximum Gasteiger partial charge on any atom is 0.311 e. The van der Waals surface area contributed by atoms with Gasteiger partial charge in [0.15, 0.2) is 0 Å². The molecule has 3 heteroatoms. The quantitative estimate of drug-likeness (QED) is 0.742. The van der Waals surface area contributed by atoms with Gasteiger partial charge >= 0.3 is 5.97 Å². The van der Waals surface area contributed by atoms with Crippen molar-refractivity contribution in [2.24, 2.45) is 17.3 Å². The standard InChI is InChI=1S/C15H29NO2/c1-5-7-12(2)11-18-14(17)15(3,4)13-8-6-9-16-10-13/h12-13,16H,5-11H2,1-4H3. The molecule has 106 valence electrons. The number of rotatable bonds is 6. The summed E-state index contributed by atoms with van der Waals surface area (Å²) in [6.07, 6.45) is 4.56. The van der Waals surface area contributed by atoms with Crippen molar-refractivity contribution in [3.05, 3.63) is 0 Å². The molecule has 0 spiro atoms. The summed E-state index contributed by atoms with van der Waals surface area (Å²) >= 11 is 0. The Hall–Kier alpha value is -0.570. The summed E-state index contributed by atoms with van der Waals surface area (Å²) in [5.41, 5.74) is -0.362. The molecule has 1 rings (SSSR count). The second-order valence-corrected chi connectivity index (χ2v) is 6.26. The van der Waals surface area contributed by atoms with Gasteiger partial charge in [-0.05, 0) is 58.0 Å². The van der Waals surface area contributed by atoms with E-state index >= 15 is 0 Å². The molecular formula is C15H29NO2. The average molecular weight is 255 g/mol. The molecule has 1 heterocycles. The van der Waals surface area contributed by atoms with Crippen LogP contribution in [0.5, 0.6) is 0 Å². The minimum absolute atomic E-state index is 0.0286. The molecule has 1 fully saturated rings. The maximum atomic E-state index is 12.2. The molecule has 0 aromatic carbocycles. The van der Waals surface area contributed by atoms with Crippen LogP contribution in [-0.4, -0.2) is 25.7 Å². The first-order valence-electron chi connectivity index (χ1n) is 7.36.